The molecular formula is C13H16O3S. The molecule has 3 nitrogen and oxygen atoms in total. The standard InChI is InChI=1S/C13H16O3S/c1-9-2-4-13(5-3-9)17(14,15)16-12-7-10-6-11(10)8-12/h2-5,10-12H,6-8H2,1H3/t10-,11+,12?. The van der Waals surface area contributed by atoms with E-state index in [1.807, 2.05) is 6.92 Å². The van der Waals surface area contributed by atoms with Crippen LogP contribution in [0.25, 0.3) is 0 Å². The first kappa shape index (κ1) is 11.2. The summed E-state index contributed by atoms with van der Waals surface area (Å²) in [5.41, 5.74) is 1.05. The van der Waals surface area contributed by atoms with Gasteiger partial charge in [-0.1, -0.05) is 17.7 Å². The summed E-state index contributed by atoms with van der Waals surface area (Å²) in [6.45, 7) is 1.93. The molecule has 92 valence electrons. The molecule has 0 spiro atoms. The van der Waals surface area contributed by atoms with Gasteiger partial charge in [0.1, 0.15) is 0 Å². The van der Waals surface area contributed by atoms with Crippen LogP contribution in [0.2, 0.25) is 0 Å². The van der Waals surface area contributed by atoms with Crippen LogP contribution in [-0.2, 0) is 14.3 Å². The molecule has 0 radical (unpaired) electrons. The van der Waals surface area contributed by atoms with Crippen molar-refractivity contribution in [2.75, 3.05) is 0 Å². The van der Waals surface area contributed by atoms with Crippen molar-refractivity contribution in [2.45, 2.75) is 37.2 Å². The molecule has 3 atom stereocenters. The minimum Gasteiger partial charge on any atom is -0.263 e. The summed E-state index contributed by atoms with van der Waals surface area (Å²) in [7, 11) is -3.56. The first-order chi connectivity index (χ1) is 8.04. The van der Waals surface area contributed by atoms with Gasteiger partial charge in [0.15, 0.2) is 0 Å². The SMILES string of the molecule is Cc1ccc(S(=O)(=O)OC2C[C@@H]3C[C@@H]3C2)cc1. The minimum absolute atomic E-state index is 0.0925. The van der Waals surface area contributed by atoms with E-state index in [-0.39, 0.29) is 11.0 Å². The molecule has 0 N–H and O–H groups in total. The summed E-state index contributed by atoms with van der Waals surface area (Å²) < 4.78 is 29.3. The van der Waals surface area contributed by atoms with Crippen molar-refractivity contribution in [1.29, 1.82) is 0 Å². The van der Waals surface area contributed by atoms with Gasteiger partial charge in [0.05, 0.1) is 11.0 Å². The average Bonchev–Trinajstić information content (AvgIpc) is 2.86. The Labute approximate surface area is 102 Å². The summed E-state index contributed by atoms with van der Waals surface area (Å²) in [4.78, 5) is 0.267. The summed E-state index contributed by atoms with van der Waals surface area (Å²) in [5, 5.41) is 0. The van der Waals surface area contributed by atoms with Crippen LogP contribution in [0.15, 0.2) is 29.2 Å². The molecule has 2 aliphatic rings. The lowest BCUT2D eigenvalue weighted by molar-refractivity contribution is 0.202. The predicted molar refractivity (Wildman–Crippen MR) is 64.1 cm³/mol. The molecule has 1 unspecified atom stereocenters. The summed E-state index contributed by atoms with van der Waals surface area (Å²) in [5.74, 6) is 1.46. The van der Waals surface area contributed by atoms with E-state index in [4.69, 9.17) is 4.18 Å². The number of hydrogen-bond acceptors (Lipinski definition) is 3. The Morgan fingerprint density at radius 3 is 2.24 bits per heavy atom. The van der Waals surface area contributed by atoms with E-state index < -0.39 is 10.1 Å². The third-order valence-electron chi connectivity index (χ3n) is 3.77. The van der Waals surface area contributed by atoms with Crippen LogP contribution < -0.4 is 0 Å². The highest BCUT2D eigenvalue weighted by Gasteiger charge is 2.47. The minimum atomic E-state index is -3.56. The second kappa shape index (κ2) is 3.82. The Morgan fingerprint density at radius 1 is 1.06 bits per heavy atom. The molecule has 0 aromatic heterocycles. The molecule has 0 heterocycles. The predicted octanol–water partition coefficient (Wildman–Crippen LogP) is 2.50. The number of hydrogen-bond donors (Lipinski definition) is 0. The zero-order chi connectivity index (χ0) is 12.0. The molecule has 17 heavy (non-hydrogen) atoms. The molecule has 0 bridgehead atoms. The monoisotopic (exact) mass is 252 g/mol. The fraction of sp³-hybridized carbons (Fsp3) is 0.538. The largest absolute Gasteiger partial charge is 0.297 e. The smallest absolute Gasteiger partial charge is 0.263 e. The lowest BCUT2D eigenvalue weighted by atomic mass is 10.2. The Bertz CT molecular complexity index is 508. The summed E-state index contributed by atoms with van der Waals surface area (Å²) in [6.07, 6.45) is 3.00. The van der Waals surface area contributed by atoms with E-state index in [9.17, 15) is 8.42 Å². The van der Waals surface area contributed by atoms with Crippen LogP contribution in [-0.4, -0.2) is 14.5 Å². The fourth-order valence-corrected chi connectivity index (χ4v) is 3.77. The van der Waals surface area contributed by atoms with Crippen LogP contribution in [0.5, 0.6) is 0 Å². The highest BCUT2D eigenvalue weighted by atomic mass is 32.2. The second-order valence-electron chi connectivity index (χ2n) is 5.21. The van der Waals surface area contributed by atoms with Gasteiger partial charge in [0.2, 0.25) is 0 Å². The lowest BCUT2D eigenvalue weighted by Crippen LogP contribution is -2.17. The second-order valence-corrected chi connectivity index (χ2v) is 6.78. The maximum absolute atomic E-state index is 12.0. The van der Waals surface area contributed by atoms with Crippen molar-refractivity contribution in [3.63, 3.8) is 0 Å². The molecule has 2 saturated carbocycles. The third-order valence-corrected chi connectivity index (χ3v) is 5.15. The molecule has 1 aromatic carbocycles. The Hall–Kier alpha value is -0.870. The van der Waals surface area contributed by atoms with Crippen LogP contribution in [0, 0.1) is 18.8 Å². The van der Waals surface area contributed by atoms with E-state index in [1.54, 1.807) is 24.3 Å². The molecule has 0 amide bonds. The van der Waals surface area contributed by atoms with Gasteiger partial charge in [-0.05, 0) is 50.2 Å². The first-order valence-electron chi connectivity index (χ1n) is 6.04. The highest BCUT2D eigenvalue weighted by molar-refractivity contribution is 7.86. The molecule has 1 aromatic rings. The Kier molecular flexibility index (Phi) is 2.52. The van der Waals surface area contributed by atoms with Gasteiger partial charge in [0, 0.05) is 0 Å². The molecule has 2 fully saturated rings. The van der Waals surface area contributed by atoms with Gasteiger partial charge in [-0.15, -0.1) is 0 Å². The zero-order valence-electron chi connectivity index (χ0n) is 9.80. The van der Waals surface area contributed by atoms with E-state index in [2.05, 4.69) is 0 Å². The first-order valence-corrected chi connectivity index (χ1v) is 7.45. The van der Waals surface area contributed by atoms with E-state index >= 15 is 0 Å². The van der Waals surface area contributed by atoms with Gasteiger partial charge in [0.25, 0.3) is 10.1 Å². The Morgan fingerprint density at radius 2 is 1.65 bits per heavy atom. The van der Waals surface area contributed by atoms with Crippen molar-refractivity contribution >= 4 is 10.1 Å². The van der Waals surface area contributed by atoms with E-state index in [1.165, 1.54) is 6.42 Å². The van der Waals surface area contributed by atoms with Gasteiger partial charge in [-0.25, -0.2) is 0 Å². The normalized spacial score (nSPS) is 31.2. The van der Waals surface area contributed by atoms with Crippen molar-refractivity contribution in [3.05, 3.63) is 29.8 Å². The third kappa shape index (κ3) is 2.24. The molecular weight excluding hydrogens is 236 g/mol. The zero-order valence-corrected chi connectivity index (χ0v) is 10.6. The Balaban J connectivity index is 1.74. The summed E-state index contributed by atoms with van der Waals surface area (Å²) >= 11 is 0. The van der Waals surface area contributed by atoms with E-state index in [0.29, 0.717) is 0 Å². The van der Waals surface area contributed by atoms with Crippen molar-refractivity contribution in [2.24, 2.45) is 11.8 Å². The molecule has 0 aliphatic heterocycles. The van der Waals surface area contributed by atoms with Gasteiger partial charge < -0.3 is 0 Å². The maximum atomic E-state index is 12.0. The molecule has 4 heteroatoms. The number of aryl methyl sites for hydroxylation is 1. The topological polar surface area (TPSA) is 43.4 Å². The fourth-order valence-electron chi connectivity index (χ4n) is 2.68. The maximum Gasteiger partial charge on any atom is 0.297 e. The van der Waals surface area contributed by atoms with Crippen LogP contribution >= 0.6 is 0 Å². The van der Waals surface area contributed by atoms with Gasteiger partial charge in [-0.3, -0.25) is 4.18 Å². The number of fused-ring (bicyclic) bond motifs is 1. The lowest BCUT2D eigenvalue weighted by Gasteiger charge is -2.13. The van der Waals surface area contributed by atoms with Crippen LogP contribution in [0.4, 0.5) is 0 Å². The van der Waals surface area contributed by atoms with Crippen molar-refractivity contribution in [1.82, 2.24) is 0 Å². The van der Waals surface area contributed by atoms with Crippen LogP contribution in [0.1, 0.15) is 24.8 Å². The molecule has 2 aliphatic carbocycles. The number of rotatable bonds is 3. The summed E-state index contributed by atoms with van der Waals surface area (Å²) in [6, 6.07) is 6.81. The van der Waals surface area contributed by atoms with Crippen molar-refractivity contribution < 1.29 is 12.6 Å². The van der Waals surface area contributed by atoms with Crippen LogP contribution in [0.3, 0.4) is 0 Å². The molecule has 0 saturated heterocycles. The number of benzene rings is 1. The van der Waals surface area contributed by atoms with E-state index in [0.717, 1.165) is 30.2 Å². The van der Waals surface area contributed by atoms with Gasteiger partial charge in [-0.2, -0.15) is 8.42 Å². The quantitative estimate of drug-likeness (QED) is 0.776. The van der Waals surface area contributed by atoms with Crippen molar-refractivity contribution in [3.8, 4) is 0 Å². The highest BCUT2D eigenvalue weighted by Crippen LogP contribution is 2.53. The van der Waals surface area contributed by atoms with Gasteiger partial charge >= 0.3 is 0 Å². The average molecular weight is 252 g/mol. The molecule has 3 rings (SSSR count).